The second-order valence-corrected chi connectivity index (χ2v) is 9.61. The first-order valence-electron chi connectivity index (χ1n) is 10.4. The smallest absolute Gasteiger partial charge is 0.337 e. The highest BCUT2D eigenvalue weighted by Crippen LogP contribution is 2.55. The zero-order chi connectivity index (χ0) is 20.0. The third-order valence-electron chi connectivity index (χ3n) is 7.08. The van der Waals surface area contributed by atoms with Crippen LogP contribution in [-0.2, 0) is 28.5 Å². The summed E-state index contributed by atoms with van der Waals surface area (Å²) in [5, 5.41) is 0. The van der Waals surface area contributed by atoms with Crippen LogP contribution in [0.5, 0.6) is 0 Å². The zero-order valence-electron chi connectivity index (χ0n) is 17.1. The van der Waals surface area contributed by atoms with Gasteiger partial charge in [-0.3, -0.25) is 9.69 Å². The van der Waals surface area contributed by atoms with E-state index >= 15 is 0 Å². The standard InChI is InChI=1S/C21H29NO6/c1-9(2)22(10(3)4)8-12-15-13-6-11(19(23)25-13)16-17(27-16)18-21(5,28-18)7-14(15)26-20(12)24/h6,9-10,12-18H,7-8H2,1-5H3/t12?,13-,14+,15+,16-,17-,18+,21+/m1/s1. The summed E-state index contributed by atoms with van der Waals surface area (Å²) in [7, 11) is 0. The Bertz CT molecular complexity index is 739. The van der Waals surface area contributed by atoms with Crippen molar-refractivity contribution in [2.45, 2.75) is 89.2 Å². The highest BCUT2D eigenvalue weighted by Gasteiger charge is 2.69. The van der Waals surface area contributed by atoms with Gasteiger partial charge in [-0.05, 0) is 40.7 Å². The number of rotatable bonds is 4. The van der Waals surface area contributed by atoms with Crippen LogP contribution >= 0.6 is 0 Å². The summed E-state index contributed by atoms with van der Waals surface area (Å²) in [5.74, 6) is -1.06. The minimum Gasteiger partial charge on any atom is -0.462 e. The van der Waals surface area contributed by atoms with E-state index in [2.05, 4.69) is 32.6 Å². The Balaban J connectivity index is 1.48. The minimum atomic E-state index is -0.450. The van der Waals surface area contributed by atoms with Gasteiger partial charge < -0.3 is 18.9 Å². The molecular weight excluding hydrogens is 362 g/mol. The maximum Gasteiger partial charge on any atom is 0.337 e. The summed E-state index contributed by atoms with van der Waals surface area (Å²) in [4.78, 5) is 27.7. The predicted molar refractivity (Wildman–Crippen MR) is 98.4 cm³/mol. The molecule has 0 aromatic rings. The average molecular weight is 391 g/mol. The molecule has 1 aliphatic carbocycles. The van der Waals surface area contributed by atoms with Crippen molar-refractivity contribution in [1.29, 1.82) is 0 Å². The van der Waals surface area contributed by atoms with Gasteiger partial charge in [-0.1, -0.05) is 0 Å². The molecule has 7 heteroatoms. The van der Waals surface area contributed by atoms with Crippen LogP contribution in [0.4, 0.5) is 0 Å². The molecule has 7 nitrogen and oxygen atoms in total. The first-order chi connectivity index (χ1) is 13.2. The van der Waals surface area contributed by atoms with Gasteiger partial charge in [0.05, 0.1) is 23.0 Å². The van der Waals surface area contributed by atoms with Gasteiger partial charge in [-0.25, -0.2) is 4.79 Å². The Morgan fingerprint density at radius 3 is 2.57 bits per heavy atom. The second kappa shape index (κ2) is 6.03. The van der Waals surface area contributed by atoms with Crippen LogP contribution < -0.4 is 0 Å². The Morgan fingerprint density at radius 1 is 1.18 bits per heavy atom. The molecule has 0 saturated carbocycles. The molecular formula is C21H29NO6. The zero-order valence-corrected chi connectivity index (χ0v) is 17.1. The van der Waals surface area contributed by atoms with Gasteiger partial charge in [0.15, 0.2) is 0 Å². The van der Waals surface area contributed by atoms with E-state index in [0.717, 1.165) is 0 Å². The fraction of sp³-hybridized carbons (Fsp3) is 0.810. The van der Waals surface area contributed by atoms with Crippen LogP contribution in [0.3, 0.4) is 0 Å². The van der Waals surface area contributed by atoms with Crippen molar-refractivity contribution < 1.29 is 28.5 Å². The topological polar surface area (TPSA) is 80.9 Å². The van der Waals surface area contributed by atoms with E-state index in [0.29, 0.717) is 30.6 Å². The molecule has 0 N–H and O–H groups in total. The third kappa shape index (κ3) is 2.74. The van der Waals surface area contributed by atoms with Crippen molar-refractivity contribution in [3.05, 3.63) is 11.6 Å². The van der Waals surface area contributed by atoms with E-state index in [9.17, 15) is 9.59 Å². The Labute approximate surface area is 165 Å². The molecule has 4 heterocycles. The average Bonchev–Trinajstić information content (AvgIpc) is 3.43. The highest BCUT2D eigenvalue weighted by atomic mass is 16.7. The lowest BCUT2D eigenvalue weighted by molar-refractivity contribution is -0.145. The van der Waals surface area contributed by atoms with Crippen molar-refractivity contribution in [2.75, 3.05) is 6.54 Å². The normalized spacial score (nSPS) is 46.0. The number of ether oxygens (including phenoxy) is 4. The fourth-order valence-corrected chi connectivity index (χ4v) is 5.50. The van der Waals surface area contributed by atoms with Crippen LogP contribution in [0.25, 0.3) is 0 Å². The Kier molecular flexibility index (Phi) is 4.00. The molecule has 4 aliphatic heterocycles. The molecule has 3 fully saturated rings. The van der Waals surface area contributed by atoms with Crippen LogP contribution in [-0.4, -0.2) is 71.6 Å². The summed E-state index contributed by atoms with van der Waals surface area (Å²) in [6, 6.07) is 0.607. The number of fused-ring (bicyclic) bond motifs is 7. The van der Waals surface area contributed by atoms with Crippen LogP contribution in [0.15, 0.2) is 11.6 Å². The maximum absolute atomic E-state index is 12.9. The van der Waals surface area contributed by atoms with Crippen LogP contribution in [0.1, 0.15) is 41.0 Å². The quantitative estimate of drug-likeness (QED) is 0.530. The highest BCUT2D eigenvalue weighted by molar-refractivity contribution is 5.93. The van der Waals surface area contributed by atoms with Gasteiger partial charge in [-0.2, -0.15) is 0 Å². The lowest BCUT2D eigenvalue weighted by atomic mass is 9.80. The molecule has 2 bridgehead atoms. The molecule has 154 valence electrons. The van der Waals surface area contributed by atoms with Crippen molar-refractivity contribution >= 4 is 11.9 Å². The lowest BCUT2D eigenvalue weighted by Gasteiger charge is -2.34. The van der Waals surface area contributed by atoms with E-state index in [1.807, 2.05) is 13.0 Å². The summed E-state index contributed by atoms with van der Waals surface area (Å²) in [6.07, 6.45) is 1.33. The van der Waals surface area contributed by atoms with Crippen molar-refractivity contribution in [3.63, 3.8) is 0 Å². The van der Waals surface area contributed by atoms with Gasteiger partial charge in [0, 0.05) is 25.0 Å². The Hall–Kier alpha value is -1.44. The summed E-state index contributed by atoms with van der Waals surface area (Å²) in [6.45, 7) is 11.2. The van der Waals surface area contributed by atoms with Crippen LogP contribution in [0, 0.1) is 11.8 Å². The van der Waals surface area contributed by atoms with Gasteiger partial charge in [-0.15, -0.1) is 0 Å². The van der Waals surface area contributed by atoms with Gasteiger partial charge >= 0.3 is 11.9 Å². The van der Waals surface area contributed by atoms with Crippen molar-refractivity contribution in [2.24, 2.45) is 11.8 Å². The number of esters is 2. The third-order valence-corrected chi connectivity index (χ3v) is 7.08. The maximum atomic E-state index is 12.9. The van der Waals surface area contributed by atoms with E-state index < -0.39 is 6.10 Å². The first kappa shape index (κ1) is 18.6. The van der Waals surface area contributed by atoms with E-state index in [1.165, 1.54) is 0 Å². The summed E-state index contributed by atoms with van der Waals surface area (Å²) < 4.78 is 23.3. The molecule has 3 saturated heterocycles. The molecule has 0 aromatic heterocycles. The largest absolute Gasteiger partial charge is 0.462 e. The molecule has 5 rings (SSSR count). The minimum absolute atomic E-state index is 0.0513. The van der Waals surface area contributed by atoms with Gasteiger partial charge in [0.1, 0.15) is 30.5 Å². The molecule has 1 unspecified atom stereocenters. The SMILES string of the molecule is CC(C)N(CC1C(=O)O[C@H]2C[C@]3(C)O[C@H]3[C@@H]3O[C@@H]3C3=C[C@@H](OC3=O)[C@H]12)C(C)C. The Morgan fingerprint density at radius 2 is 1.89 bits per heavy atom. The predicted octanol–water partition coefficient (Wildman–Crippen LogP) is 1.44. The van der Waals surface area contributed by atoms with Crippen LogP contribution in [0.2, 0.25) is 0 Å². The summed E-state index contributed by atoms with van der Waals surface area (Å²) >= 11 is 0. The first-order valence-corrected chi connectivity index (χ1v) is 10.4. The van der Waals surface area contributed by atoms with E-state index in [4.69, 9.17) is 18.9 Å². The molecule has 0 amide bonds. The number of carbonyl (C=O) groups is 2. The molecule has 8 atom stereocenters. The van der Waals surface area contributed by atoms with Crippen molar-refractivity contribution in [1.82, 2.24) is 4.90 Å². The molecule has 5 aliphatic rings. The number of nitrogens with zero attached hydrogens (tertiary/aromatic N) is 1. The number of hydrogen-bond acceptors (Lipinski definition) is 7. The van der Waals surface area contributed by atoms with Gasteiger partial charge in [0.2, 0.25) is 0 Å². The summed E-state index contributed by atoms with van der Waals surface area (Å²) in [5.41, 5.74) is 0.212. The lowest BCUT2D eigenvalue weighted by Crippen LogP contribution is -2.45. The number of hydrogen-bond donors (Lipinski definition) is 0. The molecule has 0 aromatic carbocycles. The van der Waals surface area contributed by atoms with Crippen molar-refractivity contribution in [3.8, 4) is 0 Å². The van der Waals surface area contributed by atoms with E-state index in [-0.39, 0.29) is 53.8 Å². The van der Waals surface area contributed by atoms with E-state index in [1.54, 1.807) is 0 Å². The number of carbonyl (C=O) groups excluding carboxylic acids is 2. The fourth-order valence-electron chi connectivity index (χ4n) is 5.50. The number of epoxide rings is 2. The second-order valence-electron chi connectivity index (χ2n) is 9.61. The monoisotopic (exact) mass is 391 g/mol. The molecule has 0 radical (unpaired) electrons. The van der Waals surface area contributed by atoms with Gasteiger partial charge in [0.25, 0.3) is 0 Å². The molecule has 28 heavy (non-hydrogen) atoms. The molecule has 0 spiro atoms.